The molecule has 0 aromatic carbocycles. The predicted octanol–water partition coefficient (Wildman–Crippen LogP) is 2.06. The smallest absolute Gasteiger partial charge is 0.301 e. The Morgan fingerprint density at radius 1 is 1.53 bits per heavy atom. The highest BCUT2D eigenvalue weighted by Gasteiger charge is 2.16. The number of amides is 1. The van der Waals surface area contributed by atoms with Crippen molar-refractivity contribution in [3.63, 3.8) is 0 Å². The molecule has 0 saturated heterocycles. The standard InChI is InChI=1S/C14H25N3O2/c1-5-10(3)8-17(6-2)9-12-7-11(4)13(19-12)14(18)16-15/h7,10H,5-6,8-9,15H2,1-4H3,(H,16,18). The van der Waals surface area contributed by atoms with Gasteiger partial charge in [0.05, 0.1) is 6.54 Å². The highest BCUT2D eigenvalue weighted by atomic mass is 16.4. The number of aryl methyl sites for hydroxylation is 1. The molecular weight excluding hydrogens is 242 g/mol. The zero-order chi connectivity index (χ0) is 14.4. The van der Waals surface area contributed by atoms with Crippen LogP contribution in [0.2, 0.25) is 0 Å². The summed E-state index contributed by atoms with van der Waals surface area (Å²) in [7, 11) is 0. The van der Waals surface area contributed by atoms with Crippen LogP contribution in [-0.4, -0.2) is 23.9 Å². The second-order valence-electron chi connectivity index (χ2n) is 5.04. The summed E-state index contributed by atoms with van der Waals surface area (Å²) in [6.07, 6.45) is 1.16. The van der Waals surface area contributed by atoms with Gasteiger partial charge in [-0.05, 0) is 25.5 Å². The van der Waals surface area contributed by atoms with Gasteiger partial charge in [0.15, 0.2) is 5.76 Å². The second kappa shape index (κ2) is 7.31. The number of nitrogens with zero attached hydrogens (tertiary/aromatic N) is 1. The summed E-state index contributed by atoms with van der Waals surface area (Å²) in [5.41, 5.74) is 2.91. The Morgan fingerprint density at radius 2 is 2.21 bits per heavy atom. The molecule has 1 atom stereocenters. The topological polar surface area (TPSA) is 71.5 Å². The third kappa shape index (κ3) is 4.36. The van der Waals surface area contributed by atoms with Crippen molar-refractivity contribution in [3.8, 4) is 0 Å². The highest BCUT2D eigenvalue weighted by molar-refractivity contribution is 5.92. The quantitative estimate of drug-likeness (QED) is 0.450. The van der Waals surface area contributed by atoms with Crippen LogP contribution in [0.3, 0.4) is 0 Å². The number of carbonyl (C=O) groups is 1. The van der Waals surface area contributed by atoms with E-state index in [0.29, 0.717) is 11.7 Å². The zero-order valence-corrected chi connectivity index (χ0v) is 12.3. The first-order valence-electron chi connectivity index (χ1n) is 6.84. The molecule has 0 aliphatic carbocycles. The fraction of sp³-hybridized carbons (Fsp3) is 0.643. The largest absolute Gasteiger partial charge is 0.454 e. The van der Waals surface area contributed by atoms with Crippen LogP contribution in [-0.2, 0) is 6.54 Å². The molecule has 0 aliphatic rings. The van der Waals surface area contributed by atoms with Gasteiger partial charge in [-0.1, -0.05) is 27.2 Å². The molecule has 3 N–H and O–H groups in total. The van der Waals surface area contributed by atoms with E-state index in [-0.39, 0.29) is 5.91 Å². The molecule has 0 fully saturated rings. The van der Waals surface area contributed by atoms with Crippen LogP contribution in [0.1, 0.15) is 49.1 Å². The number of nitrogens with two attached hydrogens (primary N) is 1. The molecule has 1 amide bonds. The minimum absolute atomic E-state index is 0.303. The summed E-state index contributed by atoms with van der Waals surface area (Å²) in [5, 5.41) is 0. The van der Waals surface area contributed by atoms with E-state index in [1.54, 1.807) is 0 Å². The third-order valence-corrected chi connectivity index (χ3v) is 3.40. The number of hydrogen-bond donors (Lipinski definition) is 2. The summed E-state index contributed by atoms with van der Waals surface area (Å²) >= 11 is 0. The van der Waals surface area contributed by atoms with Crippen molar-refractivity contribution in [1.82, 2.24) is 10.3 Å². The minimum atomic E-state index is -0.381. The van der Waals surface area contributed by atoms with Gasteiger partial charge in [-0.2, -0.15) is 0 Å². The van der Waals surface area contributed by atoms with Crippen molar-refractivity contribution in [2.45, 2.75) is 40.7 Å². The van der Waals surface area contributed by atoms with Gasteiger partial charge >= 0.3 is 5.91 Å². The maximum atomic E-state index is 11.5. The average Bonchev–Trinajstić information content (AvgIpc) is 2.77. The fourth-order valence-corrected chi connectivity index (χ4v) is 2.01. The van der Waals surface area contributed by atoms with Gasteiger partial charge < -0.3 is 4.42 Å². The summed E-state index contributed by atoms with van der Waals surface area (Å²) < 4.78 is 5.58. The van der Waals surface area contributed by atoms with Gasteiger partial charge in [-0.3, -0.25) is 15.1 Å². The van der Waals surface area contributed by atoms with Crippen LogP contribution >= 0.6 is 0 Å². The van der Waals surface area contributed by atoms with E-state index >= 15 is 0 Å². The van der Waals surface area contributed by atoms with E-state index in [1.165, 1.54) is 0 Å². The molecule has 1 heterocycles. The highest BCUT2D eigenvalue weighted by Crippen LogP contribution is 2.17. The molecule has 0 aliphatic heterocycles. The summed E-state index contributed by atoms with van der Waals surface area (Å²) in [4.78, 5) is 13.8. The van der Waals surface area contributed by atoms with E-state index in [2.05, 4.69) is 31.1 Å². The Kier molecular flexibility index (Phi) is 6.05. The monoisotopic (exact) mass is 267 g/mol. The number of furan rings is 1. The minimum Gasteiger partial charge on any atom is -0.454 e. The van der Waals surface area contributed by atoms with Gasteiger partial charge in [0.2, 0.25) is 0 Å². The normalized spacial score (nSPS) is 12.7. The molecule has 0 saturated carbocycles. The van der Waals surface area contributed by atoms with Gasteiger partial charge in [-0.25, -0.2) is 5.84 Å². The summed E-state index contributed by atoms with van der Waals surface area (Å²) in [6, 6.07) is 1.91. The average molecular weight is 267 g/mol. The van der Waals surface area contributed by atoms with Crippen molar-refractivity contribution >= 4 is 5.91 Å². The molecular formula is C14H25N3O2. The van der Waals surface area contributed by atoms with Crippen LogP contribution in [0.15, 0.2) is 10.5 Å². The van der Waals surface area contributed by atoms with Gasteiger partial charge in [0.25, 0.3) is 0 Å². The molecule has 1 unspecified atom stereocenters. The first-order chi connectivity index (χ1) is 9.01. The third-order valence-electron chi connectivity index (χ3n) is 3.40. The lowest BCUT2D eigenvalue weighted by molar-refractivity contribution is 0.0920. The fourth-order valence-electron chi connectivity index (χ4n) is 2.01. The van der Waals surface area contributed by atoms with Crippen LogP contribution in [0.4, 0.5) is 0 Å². The molecule has 0 radical (unpaired) electrons. The molecule has 1 rings (SSSR count). The van der Waals surface area contributed by atoms with Crippen molar-refractivity contribution in [2.75, 3.05) is 13.1 Å². The Hall–Kier alpha value is -1.33. The number of hydrogen-bond acceptors (Lipinski definition) is 4. The van der Waals surface area contributed by atoms with Crippen molar-refractivity contribution < 1.29 is 9.21 Å². The number of hydrazine groups is 1. The van der Waals surface area contributed by atoms with E-state index in [1.807, 2.05) is 13.0 Å². The van der Waals surface area contributed by atoms with E-state index in [0.717, 1.165) is 37.4 Å². The van der Waals surface area contributed by atoms with Crippen LogP contribution in [0.5, 0.6) is 0 Å². The van der Waals surface area contributed by atoms with Gasteiger partial charge in [0.1, 0.15) is 5.76 Å². The molecule has 5 nitrogen and oxygen atoms in total. The molecule has 1 aromatic heterocycles. The van der Waals surface area contributed by atoms with E-state index in [4.69, 9.17) is 10.3 Å². The maximum Gasteiger partial charge on any atom is 0.301 e. The lowest BCUT2D eigenvalue weighted by Gasteiger charge is -2.22. The van der Waals surface area contributed by atoms with Crippen molar-refractivity contribution in [3.05, 3.63) is 23.2 Å². The Balaban J connectivity index is 2.72. The van der Waals surface area contributed by atoms with Crippen molar-refractivity contribution in [2.24, 2.45) is 11.8 Å². The molecule has 5 heteroatoms. The molecule has 0 bridgehead atoms. The SMILES string of the molecule is CCC(C)CN(CC)Cc1cc(C)c(C(=O)NN)o1. The molecule has 108 valence electrons. The summed E-state index contributed by atoms with van der Waals surface area (Å²) in [6.45, 7) is 11.1. The summed E-state index contributed by atoms with van der Waals surface area (Å²) in [5.74, 6) is 6.51. The number of nitrogen functional groups attached to an aromatic ring is 1. The number of rotatable bonds is 7. The van der Waals surface area contributed by atoms with Crippen LogP contribution < -0.4 is 11.3 Å². The van der Waals surface area contributed by atoms with Gasteiger partial charge in [-0.15, -0.1) is 0 Å². The van der Waals surface area contributed by atoms with Crippen LogP contribution in [0.25, 0.3) is 0 Å². The lowest BCUT2D eigenvalue weighted by atomic mass is 10.1. The molecule has 0 spiro atoms. The Morgan fingerprint density at radius 3 is 2.74 bits per heavy atom. The first-order valence-corrected chi connectivity index (χ1v) is 6.84. The Labute approximate surface area is 115 Å². The number of carbonyl (C=O) groups excluding carboxylic acids is 1. The second-order valence-corrected chi connectivity index (χ2v) is 5.04. The van der Waals surface area contributed by atoms with E-state index in [9.17, 15) is 4.79 Å². The predicted molar refractivity (Wildman–Crippen MR) is 75.5 cm³/mol. The molecule has 19 heavy (non-hydrogen) atoms. The van der Waals surface area contributed by atoms with E-state index < -0.39 is 0 Å². The first kappa shape index (κ1) is 15.7. The zero-order valence-electron chi connectivity index (χ0n) is 12.3. The van der Waals surface area contributed by atoms with Gasteiger partial charge in [0, 0.05) is 12.1 Å². The molecule has 1 aromatic rings. The van der Waals surface area contributed by atoms with Crippen LogP contribution in [0, 0.1) is 12.8 Å². The van der Waals surface area contributed by atoms with Crippen molar-refractivity contribution in [1.29, 1.82) is 0 Å². The Bertz CT molecular complexity index is 415. The maximum absolute atomic E-state index is 11.5. The lowest BCUT2D eigenvalue weighted by Crippen LogP contribution is -2.30. The number of nitrogens with one attached hydrogen (secondary N) is 1.